The second kappa shape index (κ2) is 11.8. The number of methoxy groups -OCH3 is 1. The molecule has 0 amide bonds. The van der Waals surface area contributed by atoms with Gasteiger partial charge in [-0.2, -0.15) is 0 Å². The van der Waals surface area contributed by atoms with E-state index in [-0.39, 0.29) is 11.2 Å². The Kier molecular flexibility index (Phi) is 10.1. The molecule has 0 spiro atoms. The number of rotatable bonds is 11. The molecule has 0 bridgehead atoms. The summed E-state index contributed by atoms with van der Waals surface area (Å²) in [5.41, 5.74) is 0.701. The molecule has 142 valence electrons. The van der Waals surface area contributed by atoms with Gasteiger partial charge in [-0.15, -0.1) is 0 Å². The molecule has 0 saturated carbocycles. The van der Waals surface area contributed by atoms with Gasteiger partial charge in [-0.25, -0.2) is 4.39 Å². The minimum absolute atomic E-state index is 0.215. The van der Waals surface area contributed by atoms with Crippen molar-refractivity contribution in [2.45, 2.75) is 32.6 Å². The Bertz CT molecular complexity index is 521. The van der Waals surface area contributed by atoms with Gasteiger partial charge in [0, 0.05) is 32.2 Å². The van der Waals surface area contributed by atoms with Crippen molar-refractivity contribution in [2.24, 2.45) is 4.99 Å². The highest BCUT2D eigenvalue weighted by atomic mass is 19.1. The summed E-state index contributed by atoms with van der Waals surface area (Å²) in [5.74, 6) is 0.553. The first kappa shape index (κ1) is 21.4. The third-order valence-electron chi connectivity index (χ3n) is 3.77. The number of guanidine groups is 1. The number of ether oxygens (including phenoxy) is 2. The van der Waals surface area contributed by atoms with Gasteiger partial charge in [-0.1, -0.05) is 26.0 Å². The molecule has 0 aromatic heterocycles. The van der Waals surface area contributed by atoms with Gasteiger partial charge >= 0.3 is 0 Å². The molecular weight excluding hydrogens is 321 g/mol. The summed E-state index contributed by atoms with van der Waals surface area (Å²) in [7, 11) is 1.66. The lowest BCUT2D eigenvalue weighted by Gasteiger charge is -2.24. The number of hydrogen-bond donors (Lipinski definition) is 2. The molecule has 0 radical (unpaired) electrons. The molecule has 0 aliphatic carbocycles. The zero-order valence-electron chi connectivity index (χ0n) is 15.9. The van der Waals surface area contributed by atoms with E-state index in [1.807, 2.05) is 13.0 Å². The van der Waals surface area contributed by atoms with Crippen LogP contribution in [0.2, 0.25) is 0 Å². The van der Waals surface area contributed by atoms with Gasteiger partial charge in [0.2, 0.25) is 0 Å². The minimum Gasteiger partial charge on any atom is -0.382 e. The summed E-state index contributed by atoms with van der Waals surface area (Å²) in [5, 5.41) is 6.53. The summed E-state index contributed by atoms with van der Waals surface area (Å²) in [6.45, 7) is 10.2. The molecular formula is C19H32FN3O2. The summed E-state index contributed by atoms with van der Waals surface area (Å²) in [6, 6.07) is 6.72. The number of aliphatic imine (C=N–C) groups is 1. The molecule has 0 unspecified atom stereocenters. The van der Waals surface area contributed by atoms with E-state index in [4.69, 9.17) is 9.47 Å². The third-order valence-corrected chi connectivity index (χ3v) is 3.77. The smallest absolute Gasteiger partial charge is 0.191 e. The van der Waals surface area contributed by atoms with Gasteiger partial charge in [0.25, 0.3) is 0 Å². The molecule has 25 heavy (non-hydrogen) atoms. The van der Waals surface area contributed by atoms with Crippen LogP contribution in [0.4, 0.5) is 4.39 Å². The topological polar surface area (TPSA) is 54.9 Å². The van der Waals surface area contributed by atoms with Crippen LogP contribution in [0.5, 0.6) is 0 Å². The molecule has 0 fully saturated rings. The van der Waals surface area contributed by atoms with E-state index in [0.717, 1.165) is 31.0 Å². The van der Waals surface area contributed by atoms with E-state index in [1.165, 1.54) is 6.07 Å². The standard InChI is InChI=1S/C19H32FN3O2/c1-5-21-18(22-10-7-11-25-13-12-24-4)23-15-19(2,3)16-8-6-9-17(20)14-16/h6,8-9,14H,5,7,10-13,15H2,1-4H3,(H2,21,22,23). The van der Waals surface area contributed by atoms with Crippen LogP contribution in [0.3, 0.4) is 0 Å². The number of nitrogens with one attached hydrogen (secondary N) is 2. The van der Waals surface area contributed by atoms with Crippen LogP contribution in [-0.4, -0.2) is 52.5 Å². The highest BCUT2D eigenvalue weighted by Crippen LogP contribution is 2.24. The van der Waals surface area contributed by atoms with Gasteiger partial charge in [-0.05, 0) is 31.0 Å². The van der Waals surface area contributed by atoms with E-state index in [2.05, 4.69) is 29.5 Å². The fourth-order valence-corrected chi connectivity index (χ4v) is 2.24. The van der Waals surface area contributed by atoms with Gasteiger partial charge in [-0.3, -0.25) is 4.99 Å². The zero-order chi connectivity index (χ0) is 18.5. The average molecular weight is 353 g/mol. The Balaban J connectivity index is 2.48. The van der Waals surface area contributed by atoms with Crippen molar-refractivity contribution in [3.05, 3.63) is 35.6 Å². The lowest BCUT2D eigenvalue weighted by atomic mass is 9.85. The Morgan fingerprint density at radius 2 is 2.00 bits per heavy atom. The van der Waals surface area contributed by atoms with E-state index < -0.39 is 0 Å². The first-order valence-electron chi connectivity index (χ1n) is 8.84. The van der Waals surface area contributed by atoms with E-state index in [1.54, 1.807) is 19.2 Å². The number of benzene rings is 1. The van der Waals surface area contributed by atoms with Crippen LogP contribution < -0.4 is 10.6 Å². The molecule has 1 rings (SSSR count). The van der Waals surface area contributed by atoms with Crippen LogP contribution in [0, 0.1) is 5.82 Å². The van der Waals surface area contributed by atoms with Crippen molar-refractivity contribution < 1.29 is 13.9 Å². The Morgan fingerprint density at radius 3 is 2.68 bits per heavy atom. The molecule has 2 N–H and O–H groups in total. The fraction of sp³-hybridized carbons (Fsp3) is 0.632. The van der Waals surface area contributed by atoms with Crippen molar-refractivity contribution in [1.29, 1.82) is 0 Å². The molecule has 0 atom stereocenters. The molecule has 5 nitrogen and oxygen atoms in total. The summed E-state index contributed by atoms with van der Waals surface area (Å²) in [6.07, 6.45) is 0.890. The maximum absolute atomic E-state index is 13.5. The molecule has 0 aliphatic heterocycles. The minimum atomic E-state index is -0.242. The van der Waals surface area contributed by atoms with Crippen LogP contribution in [0.15, 0.2) is 29.3 Å². The summed E-state index contributed by atoms with van der Waals surface area (Å²) < 4.78 is 23.8. The maximum atomic E-state index is 13.5. The Morgan fingerprint density at radius 1 is 1.20 bits per heavy atom. The van der Waals surface area contributed by atoms with Gasteiger partial charge in [0.15, 0.2) is 5.96 Å². The highest BCUT2D eigenvalue weighted by Gasteiger charge is 2.20. The van der Waals surface area contributed by atoms with Crippen molar-refractivity contribution in [2.75, 3.05) is 46.6 Å². The maximum Gasteiger partial charge on any atom is 0.191 e. The second-order valence-electron chi connectivity index (χ2n) is 6.47. The van der Waals surface area contributed by atoms with Crippen LogP contribution in [-0.2, 0) is 14.9 Å². The first-order chi connectivity index (χ1) is 12.0. The highest BCUT2D eigenvalue weighted by molar-refractivity contribution is 5.79. The summed E-state index contributed by atoms with van der Waals surface area (Å²) >= 11 is 0. The monoisotopic (exact) mass is 353 g/mol. The SMILES string of the molecule is CCNC(=NCC(C)(C)c1cccc(F)c1)NCCCOCCOC. The number of halogens is 1. The van der Waals surface area contributed by atoms with Gasteiger partial charge in [0.1, 0.15) is 5.82 Å². The molecule has 6 heteroatoms. The van der Waals surface area contributed by atoms with Crippen LogP contribution in [0.25, 0.3) is 0 Å². The number of nitrogens with zero attached hydrogens (tertiary/aromatic N) is 1. The van der Waals surface area contributed by atoms with Crippen LogP contribution >= 0.6 is 0 Å². The lowest BCUT2D eigenvalue weighted by molar-refractivity contribution is 0.0698. The quantitative estimate of drug-likeness (QED) is 0.365. The molecule has 0 saturated heterocycles. The number of hydrogen-bond acceptors (Lipinski definition) is 3. The van der Waals surface area contributed by atoms with Crippen LogP contribution in [0.1, 0.15) is 32.8 Å². The van der Waals surface area contributed by atoms with E-state index in [9.17, 15) is 4.39 Å². The molecule has 0 aliphatic rings. The van der Waals surface area contributed by atoms with E-state index >= 15 is 0 Å². The average Bonchev–Trinajstić information content (AvgIpc) is 2.59. The summed E-state index contributed by atoms with van der Waals surface area (Å²) in [4.78, 5) is 4.65. The molecule has 0 heterocycles. The van der Waals surface area contributed by atoms with Crippen molar-refractivity contribution in [1.82, 2.24) is 10.6 Å². The van der Waals surface area contributed by atoms with Gasteiger partial charge in [0.05, 0.1) is 19.8 Å². The predicted octanol–water partition coefficient (Wildman–Crippen LogP) is 2.71. The Labute approximate surface area is 151 Å². The van der Waals surface area contributed by atoms with Crippen molar-refractivity contribution >= 4 is 5.96 Å². The Hall–Kier alpha value is -1.66. The van der Waals surface area contributed by atoms with Crippen molar-refractivity contribution in [3.63, 3.8) is 0 Å². The normalized spacial score (nSPS) is 12.3. The zero-order valence-corrected chi connectivity index (χ0v) is 15.9. The molecule has 1 aromatic carbocycles. The predicted molar refractivity (Wildman–Crippen MR) is 101 cm³/mol. The van der Waals surface area contributed by atoms with E-state index in [0.29, 0.717) is 26.4 Å². The largest absolute Gasteiger partial charge is 0.382 e. The second-order valence-corrected chi connectivity index (χ2v) is 6.47. The molecule has 1 aromatic rings. The first-order valence-corrected chi connectivity index (χ1v) is 8.84. The lowest BCUT2D eigenvalue weighted by Crippen LogP contribution is -2.39. The van der Waals surface area contributed by atoms with Gasteiger partial charge < -0.3 is 20.1 Å². The van der Waals surface area contributed by atoms with Crippen molar-refractivity contribution in [3.8, 4) is 0 Å². The fourth-order valence-electron chi connectivity index (χ4n) is 2.24. The third kappa shape index (κ3) is 8.84.